The van der Waals surface area contributed by atoms with Gasteiger partial charge in [0.05, 0.1) is 0 Å². The van der Waals surface area contributed by atoms with Gasteiger partial charge in [0.25, 0.3) is 0 Å². The summed E-state index contributed by atoms with van der Waals surface area (Å²) in [5.74, 6) is -5.28. The third kappa shape index (κ3) is 6.26. The molecule has 0 bridgehead atoms. The highest BCUT2D eigenvalue weighted by Gasteiger charge is 2.41. The van der Waals surface area contributed by atoms with Gasteiger partial charge in [0.15, 0.2) is 17.5 Å². The Balaban J connectivity index is 1.57. The number of hydrogen-bond acceptors (Lipinski definition) is 2. The van der Waals surface area contributed by atoms with Gasteiger partial charge in [-0.15, -0.1) is 0 Å². The van der Waals surface area contributed by atoms with E-state index < -0.39 is 57.9 Å². The van der Waals surface area contributed by atoms with Crippen molar-refractivity contribution in [3.05, 3.63) is 131 Å². The fourth-order valence-electron chi connectivity index (χ4n) is 3.56. The summed E-state index contributed by atoms with van der Waals surface area (Å²) in [6, 6.07) is 11.4. The highest BCUT2D eigenvalue weighted by molar-refractivity contribution is 5.66. The summed E-state index contributed by atoms with van der Waals surface area (Å²) in [6.07, 6.45) is -3.17. The van der Waals surface area contributed by atoms with Gasteiger partial charge in [0.1, 0.15) is 41.1 Å². The van der Waals surface area contributed by atoms with Crippen molar-refractivity contribution in [1.29, 1.82) is 0 Å². The Morgan fingerprint density at radius 1 is 0.675 bits per heavy atom. The van der Waals surface area contributed by atoms with Crippen LogP contribution in [0.25, 0.3) is 11.1 Å². The second kappa shape index (κ2) is 11.5. The lowest BCUT2D eigenvalue weighted by Gasteiger charge is -2.20. The van der Waals surface area contributed by atoms with Crippen LogP contribution in [0.3, 0.4) is 0 Å². The molecule has 10 heteroatoms. The smallest absolute Gasteiger partial charge is 0.432 e. The van der Waals surface area contributed by atoms with Crippen LogP contribution in [0, 0.1) is 46.7 Å². The van der Waals surface area contributed by atoms with Crippen molar-refractivity contribution in [2.24, 2.45) is 0 Å². The molecule has 0 aliphatic rings. The number of halogens is 8. The average Bonchev–Trinajstić information content (AvgIpc) is 2.89. The molecule has 0 aliphatic carbocycles. The largest absolute Gasteiger partial charge is 0.490 e. The first-order valence-electron chi connectivity index (χ1n) is 11.3. The van der Waals surface area contributed by atoms with Gasteiger partial charge in [0.2, 0.25) is 0 Å². The topological polar surface area (TPSA) is 18.5 Å². The van der Waals surface area contributed by atoms with Crippen molar-refractivity contribution >= 4 is 0 Å². The molecule has 0 spiro atoms. The quantitative estimate of drug-likeness (QED) is 0.0981. The van der Waals surface area contributed by atoms with E-state index in [1.165, 1.54) is 6.07 Å². The van der Waals surface area contributed by atoms with Crippen LogP contribution in [-0.4, -0.2) is 6.61 Å². The predicted octanol–water partition coefficient (Wildman–Crippen LogP) is 8.28. The first-order chi connectivity index (χ1) is 19.0. The second-order valence-corrected chi connectivity index (χ2v) is 8.20. The van der Waals surface area contributed by atoms with Crippen LogP contribution in [-0.2, 0) is 6.11 Å². The molecule has 0 saturated heterocycles. The highest BCUT2D eigenvalue weighted by Crippen LogP contribution is 2.38. The molecule has 4 aromatic carbocycles. The molecule has 0 unspecified atom stereocenters. The normalized spacial score (nSPS) is 11.0. The van der Waals surface area contributed by atoms with E-state index in [0.29, 0.717) is 30.1 Å². The molecule has 2 nitrogen and oxygen atoms in total. The molecule has 0 heterocycles. The van der Waals surface area contributed by atoms with Crippen LogP contribution in [0.1, 0.15) is 16.7 Å². The van der Waals surface area contributed by atoms with Crippen LogP contribution >= 0.6 is 0 Å². The zero-order chi connectivity index (χ0) is 29.0. The number of benzene rings is 4. The van der Waals surface area contributed by atoms with Gasteiger partial charge in [-0.2, -0.15) is 8.78 Å². The molecule has 0 saturated carbocycles. The maximum absolute atomic E-state index is 14.8. The minimum Gasteiger partial charge on any atom is -0.490 e. The number of alkyl halides is 2. The van der Waals surface area contributed by atoms with Crippen molar-refractivity contribution in [2.75, 3.05) is 6.61 Å². The van der Waals surface area contributed by atoms with E-state index in [-0.39, 0.29) is 23.3 Å². The lowest BCUT2D eigenvalue weighted by molar-refractivity contribution is -0.189. The van der Waals surface area contributed by atoms with E-state index in [4.69, 9.17) is 4.74 Å². The van der Waals surface area contributed by atoms with Gasteiger partial charge in [-0.25, -0.2) is 26.3 Å². The molecule has 4 rings (SSSR count). The fourth-order valence-corrected chi connectivity index (χ4v) is 3.56. The van der Waals surface area contributed by atoms with Crippen LogP contribution in [0.2, 0.25) is 0 Å². The van der Waals surface area contributed by atoms with E-state index in [1.807, 2.05) is 0 Å². The van der Waals surface area contributed by atoms with Crippen LogP contribution in [0.4, 0.5) is 35.1 Å². The van der Waals surface area contributed by atoms with Gasteiger partial charge in [-0.05, 0) is 54.1 Å². The minimum absolute atomic E-state index is 0.0874. The molecule has 0 N–H and O–H groups in total. The number of rotatable bonds is 7. The third-order valence-corrected chi connectivity index (χ3v) is 5.39. The summed E-state index contributed by atoms with van der Waals surface area (Å²) in [5, 5.41) is 0. The minimum atomic E-state index is -4.77. The second-order valence-electron chi connectivity index (χ2n) is 8.20. The standard InChI is InChI=1S/C30H16F8O2/c1-2-11-39-20-8-5-17(6-9-20)3-4-18-7-10-22(23(31)12-18)19-13-24(32)28(25(33)14-19)30(37,38)40-21-15-26(34)29(36)27(35)16-21/h2,5-10,12-16H,1,11H2. The first kappa shape index (κ1) is 28.2. The Hall–Kier alpha value is -4.78. The van der Waals surface area contributed by atoms with Gasteiger partial charge in [-0.1, -0.05) is 30.6 Å². The molecule has 204 valence electrons. The molecule has 0 aliphatic heterocycles. The monoisotopic (exact) mass is 560 g/mol. The zero-order valence-corrected chi connectivity index (χ0v) is 20.2. The molecule has 0 fully saturated rings. The Morgan fingerprint density at radius 2 is 1.25 bits per heavy atom. The van der Waals surface area contributed by atoms with Crippen LogP contribution < -0.4 is 9.47 Å². The van der Waals surface area contributed by atoms with E-state index in [9.17, 15) is 35.1 Å². The third-order valence-electron chi connectivity index (χ3n) is 5.39. The lowest BCUT2D eigenvalue weighted by atomic mass is 10.0. The SMILES string of the molecule is C=CCOc1ccc(C#Cc2ccc(-c3cc(F)c(C(F)(F)Oc4cc(F)c(F)c(F)c4)c(F)c3)c(F)c2)cc1. The van der Waals surface area contributed by atoms with Crippen molar-refractivity contribution in [2.45, 2.75) is 6.11 Å². The Morgan fingerprint density at radius 3 is 1.82 bits per heavy atom. The van der Waals surface area contributed by atoms with Crippen LogP contribution in [0.15, 0.2) is 79.4 Å². The predicted molar refractivity (Wildman–Crippen MR) is 131 cm³/mol. The molecule has 4 aromatic rings. The molecule has 40 heavy (non-hydrogen) atoms. The summed E-state index contributed by atoms with van der Waals surface area (Å²) >= 11 is 0. The lowest BCUT2D eigenvalue weighted by Crippen LogP contribution is -2.25. The van der Waals surface area contributed by atoms with Crippen LogP contribution in [0.5, 0.6) is 11.5 Å². The van der Waals surface area contributed by atoms with E-state index in [2.05, 4.69) is 23.2 Å². The van der Waals surface area contributed by atoms with E-state index >= 15 is 0 Å². The maximum Gasteiger partial charge on any atom is 0.432 e. The molecule has 0 amide bonds. The molecule has 0 atom stereocenters. The molecule has 0 radical (unpaired) electrons. The molecular formula is C30H16F8O2. The molecular weight excluding hydrogens is 544 g/mol. The highest BCUT2D eigenvalue weighted by atomic mass is 19.3. The van der Waals surface area contributed by atoms with Crippen molar-refractivity contribution in [1.82, 2.24) is 0 Å². The van der Waals surface area contributed by atoms with Crippen molar-refractivity contribution < 1.29 is 44.6 Å². The Bertz CT molecular complexity index is 1590. The van der Waals surface area contributed by atoms with Gasteiger partial charge in [0, 0.05) is 28.8 Å². The fraction of sp³-hybridized carbons (Fsp3) is 0.0667. The summed E-state index contributed by atoms with van der Waals surface area (Å²) in [4.78, 5) is 0. The van der Waals surface area contributed by atoms with Crippen molar-refractivity contribution in [3.63, 3.8) is 0 Å². The Kier molecular flexibility index (Phi) is 8.14. The van der Waals surface area contributed by atoms with Gasteiger partial charge in [-0.3, -0.25) is 0 Å². The number of hydrogen-bond donors (Lipinski definition) is 0. The summed E-state index contributed by atoms with van der Waals surface area (Å²) in [7, 11) is 0. The zero-order valence-electron chi connectivity index (χ0n) is 20.2. The summed E-state index contributed by atoms with van der Waals surface area (Å²) in [5.41, 5.74) is -1.80. The maximum atomic E-state index is 14.8. The van der Waals surface area contributed by atoms with Gasteiger partial charge < -0.3 is 9.47 Å². The molecule has 0 aromatic heterocycles. The number of ether oxygens (including phenoxy) is 2. The first-order valence-corrected chi connectivity index (χ1v) is 11.3. The van der Waals surface area contributed by atoms with E-state index in [0.717, 1.165) is 12.1 Å². The van der Waals surface area contributed by atoms with E-state index in [1.54, 1.807) is 30.3 Å². The van der Waals surface area contributed by atoms with Gasteiger partial charge >= 0.3 is 6.11 Å². The average molecular weight is 560 g/mol. The van der Waals surface area contributed by atoms with Crippen molar-refractivity contribution in [3.8, 4) is 34.5 Å². The summed E-state index contributed by atoms with van der Waals surface area (Å²) < 4.78 is 122. The Labute approximate surface area is 223 Å². The summed E-state index contributed by atoms with van der Waals surface area (Å²) in [6.45, 7) is 3.89.